The SMILES string of the molecule is C=CC(=O)O.C=CC(=O)OC(=O)C=C.C=CC(=O)OCCOc1ccccc1N=NC(C(C)=O)=C(O)Cc1ccccc1OC.COc1ccccc1CC(O)=C(N=Nc1ccccc1OCCO)C(C)=O.O=C1CCC(=O)N1O.[C-]#[N+]OC. The van der Waals surface area contributed by atoms with E-state index < -0.39 is 47.3 Å². The van der Waals surface area contributed by atoms with Crippen molar-refractivity contribution in [2.24, 2.45) is 20.5 Å². The number of hydrogen-bond donors (Lipinski definition) is 5. The fourth-order valence-corrected chi connectivity index (χ4v) is 5.68. The smallest absolute Gasteiger partial charge is 0.338 e. The van der Waals surface area contributed by atoms with Gasteiger partial charge in [-0.2, -0.15) is 11.6 Å². The third-order valence-corrected chi connectivity index (χ3v) is 9.49. The van der Waals surface area contributed by atoms with Crippen molar-refractivity contribution >= 4 is 58.6 Å². The molecule has 0 radical (unpaired) electrons. The van der Waals surface area contributed by atoms with E-state index in [1.54, 1.807) is 78.9 Å². The van der Waals surface area contributed by atoms with E-state index in [4.69, 9.17) is 45.7 Å². The van der Waals surface area contributed by atoms with E-state index in [0.717, 1.165) is 29.9 Å². The molecular formula is C58H64N6O20. The molecule has 1 aliphatic rings. The van der Waals surface area contributed by atoms with Gasteiger partial charge in [-0.3, -0.25) is 24.4 Å². The highest BCUT2D eigenvalue weighted by Crippen LogP contribution is 2.30. The first-order valence-electron chi connectivity index (χ1n) is 24.2. The number of carbonyl (C=O) groups is 8. The molecule has 84 heavy (non-hydrogen) atoms. The molecule has 0 spiro atoms. The summed E-state index contributed by atoms with van der Waals surface area (Å²) >= 11 is 0. The Morgan fingerprint density at radius 3 is 1.25 bits per heavy atom. The van der Waals surface area contributed by atoms with E-state index in [2.05, 4.69) is 61.4 Å². The summed E-state index contributed by atoms with van der Waals surface area (Å²) in [7, 11) is 4.39. The maximum absolute atomic E-state index is 12.0. The lowest BCUT2D eigenvalue weighted by atomic mass is 10.1. The largest absolute Gasteiger partial charge is 0.509 e. The third kappa shape index (κ3) is 29.9. The van der Waals surface area contributed by atoms with Crippen molar-refractivity contribution in [1.29, 1.82) is 0 Å². The zero-order chi connectivity index (χ0) is 63.4. The summed E-state index contributed by atoms with van der Waals surface area (Å²) in [6.45, 7) is 21.0. The van der Waals surface area contributed by atoms with Crippen LogP contribution in [0.15, 0.2) is 191 Å². The van der Waals surface area contributed by atoms with Crippen LogP contribution in [0.4, 0.5) is 11.4 Å². The second-order valence-electron chi connectivity index (χ2n) is 15.4. The normalized spacial score (nSPS) is 11.4. The molecule has 5 rings (SSSR count). The van der Waals surface area contributed by atoms with E-state index in [0.29, 0.717) is 39.9 Å². The molecule has 26 heteroatoms. The maximum Gasteiger partial charge on any atom is 0.338 e. The summed E-state index contributed by atoms with van der Waals surface area (Å²) in [5, 5.41) is 64.5. The average Bonchev–Trinajstić information content (AvgIpc) is 3.98. The number of hydrogen-bond acceptors (Lipinski definition) is 23. The number of imide groups is 1. The molecule has 446 valence electrons. The Morgan fingerprint density at radius 2 is 0.940 bits per heavy atom. The summed E-state index contributed by atoms with van der Waals surface area (Å²) in [4.78, 5) is 89.0. The van der Waals surface area contributed by atoms with Gasteiger partial charge in [0.05, 0.1) is 20.8 Å². The summed E-state index contributed by atoms with van der Waals surface area (Å²) in [6, 6.07) is 28.0. The van der Waals surface area contributed by atoms with Crippen molar-refractivity contribution in [2.75, 3.05) is 47.8 Å². The molecule has 4 aromatic rings. The molecule has 0 bridgehead atoms. The molecule has 26 nitrogen and oxygen atoms in total. The zero-order valence-electron chi connectivity index (χ0n) is 46.6. The number of nitrogens with zero attached hydrogens (tertiary/aromatic N) is 6. The Morgan fingerprint density at radius 1 is 0.583 bits per heavy atom. The number of allylic oxidation sites excluding steroid dienone is 4. The summed E-state index contributed by atoms with van der Waals surface area (Å²) in [6.07, 6.45) is 4.15. The van der Waals surface area contributed by atoms with Crippen LogP contribution in [0.5, 0.6) is 23.0 Å². The Kier molecular flexibility index (Phi) is 37.4. The Balaban J connectivity index is 0.00000116. The van der Waals surface area contributed by atoms with E-state index in [1.807, 2.05) is 18.2 Å². The Hall–Kier alpha value is -10.9. The van der Waals surface area contributed by atoms with Gasteiger partial charge in [0.2, 0.25) is 0 Å². The molecule has 1 aliphatic heterocycles. The van der Waals surface area contributed by atoms with Gasteiger partial charge in [-0.1, -0.05) is 87.0 Å². The van der Waals surface area contributed by atoms with E-state index in [-0.39, 0.29) is 80.1 Å². The predicted octanol–water partition coefficient (Wildman–Crippen LogP) is 8.92. The van der Waals surface area contributed by atoms with E-state index in [9.17, 15) is 48.6 Å². The number of methoxy groups -OCH3 is 2. The average molecular weight is 1170 g/mol. The fraction of sp³-hybridized carbons (Fsp3) is 0.224. The number of carbonyl (C=O) groups excluding carboxylic acids is 7. The van der Waals surface area contributed by atoms with Gasteiger partial charge in [0.1, 0.15) is 65.7 Å². The molecule has 1 heterocycles. The summed E-state index contributed by atoms with van der Waals surface area (Å²) < 4.78 is 30.4. The van der Waals surface area contributed by atoms with Crippen LogP contribution < -0.4 is 18.9 Å². The number of aliphatic hydroxyl groups is 3. The van der Waals surface area contributed by atoms with Crippen molar-refractivity contribution in [3.8, 4) is 23.0 Å². The number of esters is 3. The number of carboxylic acid groups (broad SMARTS) is 1. The van der Waals surface area contributed by atoms with Crippen molar-refractivity contribution in [3.63, 3.8) is 0 Å². The molecule has 0 saturated carbocycles. The fourth-order valence-electron chi connectivity index (χ4n) is 5.68. The highest BCUT2D eigenvalue weighted by atomic mass is 16.6. The van der Waals surface area contributed by atoms with Crippen LogP contribution in [0, 0.1) is 6.57 Å². The van der Waals surface area contributed by atoms with Gasteiger partial charge in [0.25, 0.3) is 11.8 Å². The third-order valence-electron chi connectivity index (χ3n) is 9.49. The standard InChI is InChI=1S/C23H24N2O6.C20H22N2O5.C6H6O3.C4H5NO3.C3H4O2.C2H3NO/c1-4-22(28)31-14-13-30-21-12-8-6-10-18(21)24-25-23(16(2)26)19(27)15-17-9-5-7-11-20(17)29-3;1-14(24)20(17(25)13-15-7-3-5-9-18(15)26-2)22-21-16-8-4-6-10-19(16)27-12-11-23;1-3-5(7)9-6(8)4-2;6-3-1-2-4(7)5(3)8;1-2-3(4)5;1-3-4-2/h4-12,27H,1,13-15H2,2-3H3;3-10,23,25H,11-13H2,1-2H3;3-4H,1-2H2;8H,1-2H2;2H,1H2,(H,4,5);2H3. The zero-order valence-corrected chi connectivity index (χ0v) is 46.6. The number of azo groups is 2. The minimum absolute atomic E-state index is 0.0363. The number of Topliss-reactive ketones (excluding diaryl/α,β-unsaturated/α-hetero) is 2. The first-order chi connectivity index (χ1) is 40.1. The molecule has 1 fully saturated rings. The summed E-state index contributed by atoms with van der Waals surface area (Å²) in [5.41, 5.74) is 1.85. The van der Waals surface area contributed by atoms with Gasteiger partial charge in [0.15, 0.2) is 30.1 Å². The van der Waals surface area contributed by atoms with Gasteiger partial charge in [0, 0.05) is 75.0 Å². The molecule has 0 unspecified atom stereocenters. The number of amides is 2. The van der Waals surface area contributed by atoms with E-state index in [1.165, 1.54) is 35.2 Å². The van der Waals surface area contributed by atoms with Crippen LogP contribution in [0.25, 0.3) is 5.01 Å². The minimum atomic E-state index is -0.981. The maximum atomic E-state index is 12.0. The van der Waals surface area contributed by atoms with Crippen LogP contribution >= 0.6 is 0 Å². The topological polar surface area (TPSA) is 359 Å². The number of benzene rings is 4. The highest BCUT2D eigenvalue weighted by molar-refractivity contribution is 6.00. The quantitative estimate of drug-likeness (QED) is 0.00442. The molecule has 0 aromatic heterocycles. The molecule has 0 atom stereocenters. The second-order valence-corrected chi connectivity index (χ2v) is 15.4. The van der Waals surface area contributed by atoms with Crippen LogP contribution in [0.1, 0.15) is 37.8 Å². The predicted molar refractivity (Wildman–Crippen MR) is 301 cm³/mol. The Labute approximate surface area is 483 Å². The van der Waals surface area contributed by atoms with Gasteiger partial charge in [-0.15, -0.1) is 20.5 Å². The number of para-hydroxylation sites is 4. The monoisotopic (exact) mass is 1160 g/mol. The number of ether oxygens (including phenoxy) is 6. The van der Waals surface area contributed by atoms with Crippen LogP contribution in [-0.2, 0) is 65.5 Å². The number of rotatable bonds is 23. The van der Waals surface area contributed by atoms with Gasteiger partial charge < -0.3 is 48.8 Å². The molecule has 5 N–H and O–H groups in total. The van der Waals surface area contributed by atoms with Crippen LogP contribution in [-0.4, -0.2) is 126 Å². The molecule has 4 aromatic carbocycles. The number of aliphatic hydroxyl groups excluding tert-OH is 3. The van der Waals surface area contributed by atoms with Crippen LogP contribution in [0.2, 0.25) is 0 Å². The first-order valence-corrected chi connectivity index (χ1v) is 24.2. The molecule has 2 amide bonds. The highest BCUT2D eigenvalue weighted by Gasteiger charge is 2.27. The first kappa shape index (κ1) is 73.1. The van der Waals surface area contributed by atoms with Gasteiger partial charge in [-0.05, 0) is 41.4 Å². The molecule has 0 aliphatic carbocycles. The number of hydroxylamine groups is 2. The van der Waals surface area contributed by atoms with Crippen molar-refractivity contribution in [3.05, 3.63) is 193 Å². The van der Waals surface area contributed by atoms with E-state index >= 15 is 0 Å². The number of carboxylic acids is 1. The van der Waals surface area contributed by atoms with Gasteiger partial charge >= 0.3 is 23.9 Å². The lowest BCUT2D eigenvalue weighted by Gasteiger charge is -2.09. The lowest BCUT2D eigenvalue weighted by Crippen LogP contribution is -2.24. The minimum Gasteiger partial charge on any atom is -0.509 e. The molecule has 1 saturated heterocycles. The number of aliphatic carboxylic acids is 1. The molecular weight excluding hydrogens is 1100 g/mol. The van der Waals surface area contributed by atoms with Crippen molar-refractivity contribution in [1.82, 2.24) is 5.06 Å². The second kappa shape index (κ2) is 43.0. The van der Waals surface area contributed by atoms with Crippen LogP contribution in [0.3, 0.4) is 0 Å². The number of ketones is 2. The van der Waals surface area contributed by atoms with Crippen molar-refractivity contribution < 1.29 is 97.2 Å². The summed E-state index contributed by atoms with van der Waals surface area (Å²) in [5.74, 6) is -3.36. The Bertz CT molecular complexity index is 3040. The van der Waals surface area contributed by atoms with Crippen molar-refractivity contribution in [2.45, 2.75) is 39.5 Å². The van der Waals surface area contributed by atoms with Gasteiger partial charge in [-0.25, -0.2) is 24.0 Å². The lowest BCUT2D eigenvalue weighted by molar-refractivity contribution is -0.171.